The molecule has 0 aliphatic heterocycles. The molecule has 0 bridgehead atoms. The molecule has 0 aliphatic rings. The second-order valence-electron chi connectivity index (χ2n) is 3.80. The van der Waals surface area contributed by atoms with Crippen LogP contribution in [0.1, 0.15) is 18.1 Å². The number of anilines is 2. The third-order valence-corrected chi connectivity index (χ3v) is 2.37. The fourth-order valence-corrected chi connectivity index (χ4v) is 1.49. The first-order valence-corrected chi connectivity index (χ1v) is 5.81. The number of aromatic nitrogens is 4. The lowest BCUT2D eigenvalue weighted by molar-refractivity contribution is 0.373. The summed E-state index contributed by atoms with van der Waals surface area (Å²) in [5.74, 6) is 2.94. The zero-order valence-corrected chi connectivity index (χ0v) is 10.5. The SMILES string of the molecule is CNc1cc(NCCCc2nc(C)no2)ncn1. The number of nitrogens with zero attached hydrogens (tertiary/aromatic N) is 4. The molecule has 0 fully saturated rings. The highest BCUT2D eigenvalue weighted by Crippen LogP contribution is 2.08. The van der Waals surface area contributed by atoms with Crippen molar-refractivity contribution in [3.05, 3.63) is 24.1 Å². The molecule has 0 radical (unpaired) electrons. The van der Waals surface area contributed by atoms with Gasteiger partial charge in [0.15, 0.2) is 5.82 Å². The van der Waals surface area contributed by atoms with Crippen molar-refractivity contribution in [3.63, 3.8) is 0 Å². The Morgan fingerprint density at radius 3 is 2.83 bits per heavy atom. The van der Waals surface area contributed by atoms with Gasteiger partial charge >= 0.3 is 0 Å². The Kier molecular flexibility index (Phi) is 4.06. The molecule has 0 saturated heterocycles. The van der Waals surface area contributed by atoms with Gasteiger partial charge in [0, 0.05) is 26.1 Å². The molecule has 0 atom stereocenters. The minimum atomic E-state index is 0.674. The fraction of sp³-hybridized carbons (Fsp3) is 0.455. The van der Waals surface area contributed by atoms with E-state index in [1.54, 1.807) is 0 Å². The quantitative estimate of drug-likeness (QED) is 0.744. The number of nitrogens with one attached hydrogen (secondary N) is 2. The Morgan fingerprint density at radius 1 is 1.28 bits per heavy atom. The standard InChI is InChI=1S/C11H16N6O/c1-8-16-11(18-17-8)4-3-5-13-10-6-9(12-2)14-7-15-10/h6-7H,3-5H2,1-2H3,(H2,12,13,14,15). The second kappa shape index (κ2) is 5.95. The van der Waals surface area contributed by atoms with E-state index >= 15 is 0 Å². The third-order valence-electron chi connectivity index (χ3n) is 2.37. The Hall–Kier alpha value is -2.18. The molecule has 7 heteroatoms. The van der Waals surface area contributed by atoms with Crippen molar-refractivity contribution in [2.24, 2.45) is 0 Å². The molecule has 2 aromatic rings. The normalized spacial score (nSPS) is 10.3. The molecule has 2 heterocycles. The maximum Gasteiger partial charge on any atom is 0.226 e. The van der Waals surface area contributed by atoms with Crippen LogP contribution in [0.4, 0.5) is 11.6 Å². The molecule has 0 unspecified atom stereocenters. The monoisotopic (exact) mass is 248 g/mol. The van der Waals surface area contributed by atoms with Gasteiger partial charge < -0.3 is 15.2 Å². The summed E-state index contributed by atoms with van der Waals surface area (Å²) in [7, 11) is 1.82. The molecule has 18 heavy (non-hydrogen) atoms. The van der Waals surface area contributed by atoms with Crippen LogP contribution in [-0.4, -0.2) is 33.7 Å². The van der Waals surface area contributed by atoms with E-state index < -0.39 is 0 Å². The molecule has 2 aromatic heterocycles. The summed E-state index contributed by atoms with van der Waals surface area (Å²) in [6, 6.07) is 1.86. The molecule has 0 aliphatic carbocycles. The molecule has 0 amide bonds. The first kappa shape index (κ1) is 12.3. The van der Waals surface area contributed by atoms with E-state index in [0.29, 0.717) is 11.7 Å². The lowest BCUT2D eigenvalue weighted by atomic mass is 10.3. The topological polar surface area (TPSA) is 88.8 Å². The van der Waals surface area contributed by atoms with Crippen LogP contribution < -0.4 is 10.6 Å². The summed E-state index contributed by atoms with van der Waals surface area (Å²) in [6.45, 7) is 2.60. The first-order valence-electron chi connectivity index (χ1n) is 5.81. The van der Waals surface area contributed by atoms with Crippen molar-refractivity contribution in [2.75, 3.05) is 24.2 Å². The van der Waals surface area contributed by atoms with E-state index in [1.165, 1.54) is 6.33 Å². The van der Waals surface area contributed by atoms with Crippen molar-refractivity contribution in [1.29, 1.82) is 0 Å². The molecule has 0 aromatic carbocycles. The largest absolute Gasteiger partial charge is 0.373 e. The van der Waals surface area contributed by atoms with E-state index in [4.69, 9.17) is 4.52 Å². The van der Waals surface area contributed by atoms with Crippen LogP contribution in [-0.2, 0) is 6.42 Å². The number of aryl methyl sites for hydroxylation is 2. The van der Waals surface area contributed by atoms with Crippen LogP contribution in [0, 0.1) is 6.92 Å². The fourth-order valence-electron chi connectivity index (χ4n) is 1.49. The van der Waals surface area contributed by atoms with Gasteiger partial charge in [0.2, 0.25) is 5.89 Å². The van der Waals surface area contributed by atoms with Crippen LogP contribution in [0.25, 0.3) is 0 Å². The Morgan fingerprint density at radius 2 is 2.11 bits per heavy atom. The summed E-state index contributed by atoms with van der Waals surface area (Å²) < 4.78 is 5.03. The van der Waals surface area contributed by atoms with Crippen LogP contribution >= 0.6 is 0 Å². The third kappa shape index (κ3) is 3.41. The van der Waals surface area contributed by atoms with Gasteiger partial charge in [-0.1, -0.05) is 5.16 Å². The maximum absolute atomic E-state index is 5.03. The van der Waals surface area contributed by atoms with Gasteiger partial charge in [-0.2, -0.15) is 4.98 Å². The van der Waals surface area contributed by atoms with E-state index in [0.717, 1.165) is 31.0 Å². The molecule has 0 saturated carbocycles. The molecule has 2 N–H and O–H groups in total. The van der Waals surface area contributed by atoms with Crippen molar-refractivity contribution < 1.29 is 4.52 Å². The second-order valence-corrected chi connectivity index (χ2v) is 3.80. The highest BCUT2D eigenvalue weighted by atomic mass is 16.5. The molecular formula is C11H16N6O. The number of hydrogen-bond acceptors (Lipinski definition) is 7. The highest BCUT2D eigenvalue weighted by Gasteiger charge is 2.02. The summed E-state index contributed by atoms with van der Waals surface area (Å²) in [6.07, 6.45) is 3.19. The number of rotatable bonds is 6. The van der Waals surface area contributed by atoms with Crippen LogP contribution in [0.5, 0.6) is 0 Å². The van der Waals surface area contributed by atoms with Crippen LogP contribution in [0.15, 0.2) is 16.9 Å². The average Bonchev–Trinajstić information content (AvgIpc) is 2.81. The average molecular weight is 248 g/mol. The summed E-state index contributed by atoms with van der Waals surface area (Å²) >= 11 is 0. The highest BCUT2D eigenvalue weighted by molar-refractivity contribution is 5.45. The van der Waals surface area contributed by atoms with Gasteiger partial charge in [-0.3, -0.25) is 0 Å². The maximum atomic E-state index is 5.03. The molecule has 0 spiro atoms. The minimum absolute atomic E-state index is 0.674. The smallest absolute Gasteiger partial charge is 0.226 e. The Balaban J connectivity index is 1.74. The predicted octanol–water partition coefficient (Wildman–Crippen LogP) is 1.25. The number of hydrogen-bond donors (Lipinski definition) is 2. The van der Waals surface area contributed by atoms with Gasteiger partial charge in [0.05, 0.1) is 0 Å². The van der Waals surface area contributed by atoms with E-state index in [9.17, 15) is 0 Å². The van der Waals surface area contributed by atoms with Gasteiger partial charge in [0.25, 0.3) is 0 Å². The first-order chi connectivity index (χ1) is 8.78. The Labute approximate surface area is 105 Å². The van der Waals surface area contributed by atoms with Gasteiger partial charge in [-0.15, -0.1) is 0 Å². The van der Waals surface area contributed by atoms with Crippen LogP contribution in [0.2, 0.25) is 0 Å². The molecule has 2 rings (SSSR count). The molecule has 7 nitrogen and oxygen atoms in total. The van der Waals surface area contributed by atoms with Crippen LogP contribution in [0.3, 0.4) is 0 Å². The van der Waals surface area contributed by atoms with Gasteiger partial charge in [-0.25, -0.2) is 9.97 Å². The Bertz CT molecular complexity index is 498. The van der Waals surface area contributed by atoms with E-state index in [1.807, 2.05) is 20.0 Å². The summed E-state index contributed by atoms with van der Waals surface area (Å²) in [4.78, 5) is 12.3. The van der Waals surface area contributed by atoms with Gasteiger partial charge in [0.1, 0.15) is 18.0 Å². The van der Waals surface area contributed by atoms with Gasteiger partial charge in [-0.05, 0) is 13.3 Å². The van der Waals surface area contributed by atoms with E-state index in [2.05, 4.69) is 30.7 Å². The summed E-state index contributed by atoms with van der Waals surface area (Å²) in [5.41, 5.74) is 0. The zero-order chi connectivity index (χ0) is 12.8. The summed E-state index contributed by atoms with van der Waals surface area (Å²) in [5, 5.41) is 9.92. The molecular weight excluding hydrogens is 232 g/mol. The van der Waals surface area contributed by atoms with Crippen molar-refractivity contribution >= 4 is 11.6 Å². The van der Waals surface area contributed by atoms with E-state index in [-0.39, 0.29) is 0 Å². The lowest BCUT2D eigenvalue weighted by Crippen LogP contribution is -2.05. The molecule has 96 valence electrons. The minimum Gasteiger partial charge on any atom is -0.373 e. The van der Waals surface area contributed by atoms with Crippen molar-refractivity contribution in [3.8, 4) is 0 Å². The van der Waals surface area contributed by atoms with Crippen molar-refractivity contribution in [1.82, 2.24) is 20.1 Å². The predicted molar refractivity (Wildman–Crippen MR) is 67.4 cm³/mol. The zero-order valence-electron chi connectivity index (χ0n) is 10.5. The van der Waals surface area contributed by atoms with Crippen molar-refractivity contribution in [2.45, 2.75) is 19.8 Å². The lowest BCUT2D eigenvalue weighted by Gasteiger charge is -2.05.